The molecule has 190 valence electrons. The van der Waals surface area contributed by atoms with Crippen molar-refractivity contribution >= 4 is 11.1 Å². The molecule has 5 rings (SSSR count). The van der Waals surface area contributed by atoms with Crippen LogP contribution in [0, 0.1) is 18.3 Å². The van der Waals surface area contributed by atoms with Gasteiger partial charge < -0.3 is 19.7 Å². The minimum atomic E-state index is -0.427. The van der Waals surface area contributed by atoms with Gasteiger partial charge in [0.05, 0.1) is 5.56 Å². The third-order valence-electron chi connectivity index (χ3n) is 7.48. The fraction of sp³-hybridized carbons (Fsp3) is 0.312. The number of aromatic hydroxyl groups is 2. The van der Waals surface area contributed by atoms with E-state index in [0.29, 0.717) is 24.0 Å². The average molecular weight is 496 g/mol. The molecular formula is C32H33NO4. The van der Waals surface area contributed by atoms with Gasteiger partial charge in [-0.25, -0.2) is 0 Å². The number of nitrogens with zero attached hydrogens (tertiary/aromatic N) is 1. The second kappa shape index (κ2) is 10.2. The lowest BCUT2D eigenvalue weighted by atomic mass is 9.85. The van der Waals surface area contributed by atoms with Gasteiger partial charge in [-0.15, -0.1) is 6.42 Å². The van der Waals surface area contributed by atoms with Crippen LogP contribution in [0.15, 0.2) is 60.7 Å². The van der Waals surface area contributed by atoms with Crippen molar-refractivity contribution in [2.24, 2.45) is 5.92 Å². The SMILES string of the molecule is C#Cc1cc2c(cc1O)C(C)=C(c1cccc(O)c1)C(c1ccc(OCC(C)N3CCC(C)C3)cc1)O2. The molecule has 2 aliphatic rings. The first kappa shape index (κ1) is 24.8. The Balaban J connectivity index is 1.44. The predicted octanol–water partition coefficient (Wildman–Crippen LogP) is 6.25. The summed E-state index contributed by atoms with van der Waals surface area (Å²) in [6.07, 6.45) is 6.41. The molecule has 2 heterocycles. The number of rotatable bonds is 6. The van der Waals surface area contributed by atoms with Gasteiger partial charge >= 0.3 is 0 Å². The first-order valence-electron chi connectivity index (χ1n) is 12.8. The molecule has 2 N–H and O–H groups in total. The van der Waals surface area contributed by atoms with E-state index in [4.69, 9.17) is 15.9 Å². The lowest BCUT2D eigenvalue weighted by Gasteiger charge is -2.31. The first-order valence-corrected chi connectivity index (χ1v) is 12.8. The molecule has 0 bridgehead atoms. The van der Waals surface area contributed by atoms with E-state index in [1.807, 2.05) is 43.3 Å². The molecule has 1 saturated heterocycles. The fourth-order valence-electron chi connectivity index (χ4n) is 5.31. The summed E-state index contributed by atoms with van der Waals surface area (Å²) in [4.78, 5) is 2.49. The van der Waals surface area contributed by atoms with Crippen molar-refractivity contribution < 1.29 is 19.7 Å². The number of phenols is 2. The number of benzene rings is 3. The van der Waals surface area contributed by atoms with E-state index in [-0.39, 0.29) is 11.5 Å². The van der Waals surface area contributed by atoms with Crippen molar-refractivity contribution in [1.29, 1.82) is 0 Å². The van der Waals surface area contributed by atoms with Crippen LogP contribution in [0.1, 0.15) is 55.5 Å². The lowest BCUT2D eigenvalue weighted by molar-refractivity contribution is 0.169. The van der Waals surface area contributed by atoms with E-state index < -0.39 is 6.10 Å². The molecule has 3 aromatic carbocycles. The summed E-state index contributed by atoms with van der Waals surface area (Å²) in [6.45, 7) is 9.43. The molecule has 37 heavy (non-hydrogen) atoms. The van der Waals surface area contributed by atoms with Crippen LogP contribution in [0.3, 0.4) is 0 Å². The van der Waals surface area contributed by atoms with Crippen molar-refractivity contribution in [3.05, 3.63) is 82.9 Å². The molecule has 3 unspecified atom stereocenters. The number of terminal acetylenes is 1. The van der Waals surface area contributed by atoms with Gasteiger partial charge in [-0.3, -0.25) is 4.90 Å². The number of phenolic OH excluding ortho intramolecular Hbond substituents is 2. The lowest BCUT2D eigenvalue weighted by Crippen LogP contribution is -2.35. The third kappa shape index (κ3) is 5.03. The van der Waals surface area contributed by atoms with Crippen molar-refractivity contribution in [2.45, 2.75) is 39.3 Å². The van der Waals surface area contributed by atoms with Crippen LogP contribution in [0.5, 0.6) is 23.0 Å². The quantitative estimate of drug-likeness (QED) is 0.396. The third-order valence-corrected chi connectivity index (χ3v) is 7.48. The minimum Gasteiger partial charge on any atom is -0.508 e. The largest absolute Gasteiger partial charge is 0.508 e. The molecule has 0 aliphatic carbocycles. The fourth-order valence-corrected chi connectivity index (χ4v) is 5.31. The molecule has 0 spiro atoms. The standard InChI is InChI=1S/C32H33NO4/c1-5-23-16-30-28(17-29(23)35)22(4)31(25-7-6-8-26(34)15-25)32(37-30)24-9-11-27(12-10-24)36-19-21(3)33-14-13-20(2)18-33/h1,6-12,15-17,20-21,32,34-35H,13-14,18-19H2,2-4H3. The van der Waals surface area contributed by atoms with Crippen LogP contribution < -0.4 is 9.47 Å². The molecule has 0 radical (unpaired) electrons. The number of ether oxygens (including phenoxy) is 2. The summed E-state index contributed by atoms with van der Waals surface area (Å²) in [6, 6.07) is 18.9. The molecule has 1 fully saturated rings. The summed E-state index contributed by atoms with van der Waals surface area (Å²) < 4.78 is 12.6. The maximum Gasteiger partial charge on any atom is 0.150 e. The molecular weight excluding hydrogens is 462 g/mol. The van der Waals surface area contributed by atoms with Crippen molar-refractivity contribution in [2.75, 3.05) is 19.7 Å². The van der Waals surface area contributed by atoms with Gasteiger partial charge in [0.25, 0.3) is 0 Å². The molecule has 2 aliphatic heterocycles. The highest BCUT2D eigenvalue weighted by atomic mass is 16.5. The molecule has 0 amide bonds. The van der Waals surface area contributed by atoms with E-state index in [9.17, 15) is 10.2 Å². The Kier molecular flexibility index (Phi) is 6.86. The number of hydrogen-bond acceptors (Lipinski definition) is 5. The molecule has 5 nitrogen and oxygen atoms in total. The summed E-state index contributed by atoms with van der Waals surface area (Å²) in [5.74, 6) is 4.92. The van der Waals surface area contributed by atoms with Gasteiger partial charge in [0.15, 0.2) is 0 Å². The van der Waals surface area contributed by atoms with Gasteiger partial charge in [-0.1, -0.05) is 37.1 Å². The van der Waals surface area contributed by atoms with Crippen LogP contribution in [-0.2, 0) is 0 Å². The van der Waals surface area contributed by atoms with E-state index in [0.717, 1.165) is 52.6 Å². The number of fused-ring (bicyclic) bond motifs is 1. The zero-order valence-electron chi connectivity index (χ0n) is 21.6. The van der Waals surface area contributed by atoms with Crippen LogP contribution >= 0.6 is 0 Å². The average Bonchev–Trinajstić information content (AvgIpc) is 3.34. The first-order chi connectivity index (χ1) is 17.8. The van der Waals surface area contributed by atoms with E-state index >= 15 is 0 Å². The Morgan fingerprint density at radius 2 is 1.92 bits per heavy atom. The summed E-state index contributed by atoms with van der Waals surface area (Å²) in [5.41, 5.74) is 4.83. The zero-order chi connectivity index (χ0) is 26.1. The summed E-state index contributed by atoms with van der Waals surface area (Å²) in [5, 5.41) is 20.6. The van der Waals surface area contributed by atoms with Crippen molar-refractivity contribution in [1.82, 2.24) is 4.90 Å². The Morgan fingerprint density at radius 3 is 2.59 bits per heavy atom. The Bertz CT molecular complexity index is 1370. The van der Waals surface area contributed by atoms with Crippen molar-refractivity contribution in [3.63, 3.8) is 0 Å². The Hall–Kier alpha value is -3.88. The molecule has 0 aromatic heterocycles. The zero-order valence-corrected chi connectivity index (χ0v) is 21.6. The maximum atomic E-state index is 10.4. The molecule has 3 aromatic rings. The van der Waals surface area contributed by atoms with E-state index in [1.54, 1.807) is 24.3 Å². The van der Waals surface area contributed by atoms with Crippen LogP contribution in [0.4, 0.5) is 0 Å². The minimum absolute atomic E-state index is 0.0389. The highest BCUT2D eigenvalue weighted by Crippen LogP contribution is 2.48. The predicted molar refractivity (Wildman–Crippen MR) is 147 cm³/mol. The van der Waals surface area contributed by atoms with Gasteiger partial charge in [0.1, 0.15) is 35.7 Å². The monoisotopic (exact) mass is 495 g/mol. The number of hydrogen-bond donors (Lipinski definition) is 2. The van der Waals surface area contributed by atoms with Gasteiger partial charge in [-0.2, -0.15) is 0 Å². The molecule has 0 saturated carbocycles. The second-order valence-electron chi connectivity index (χ2n) is 10.2. The topological polar surface area (TPSA) is 62.2 Å². The molecule has 3 atom stereocenters. The van der Waals surface area contributed by atoms with E-state index in [1.165, 1.54) is 6.42 Å². The van der Waals surface area contributed by atoms with Crippen LogP contribution in [0.2, 0.25) is 0 Å². The van der Waals surface area contributed by atoms with Crippen LogP contribution in [0.25, 0.3) is 11.1 Å². The highest BCUT2D eigenvalue weighted by Gasteiger charge is 2.30. The Labute approximate surface area is 219 Å². The van der Waals surface area contributed by atoms with Gasteiger partial charge in [-0.05, 0) is 79.8 Å². The maximum absolute atomic E-state index is 10.4. The normalized spacial score (nSPS) is 20.2. The van der Waals surface area contributed by atoms with Crippen molar-refractivity contribution in [3.8, 4) is 35.3 Å². The number of likely N-dealkylation sites (tertiary alicyclic amines) is 1. The second-order valence-corrected chi connectivity index (χ2v) is 10.2. The molecule has 5 heteroatoms. The van der Waals surface area contributed by atoms with E-state index in [2.05, 4.69) is 24.7 Å². The number of allylic oxidation sites excluding steroid dienone is 1. The smallest absolute Gasteiger partial charge is 0.150 e. The Morgan fingerprint density at radius 1 is 1.14 bits per heavy atom. The summed E-state index contributed by atoms with van der Waals surface area (Å²) >= 11 is 0. The summed E-state index contributed by atoms with van der Waals surface area (Å²) in [7, 11) is 0. The van der Waals surface area contributed by atoms with Gasteiger partial charge in [0.2, 0.25) is 0 Å². The van der Waals surface area contributed by atoms with Crippen LogP contribution in [-0.4, -0.2) is 40.9 Å². The van der Waals surface area contributed by atoms with Gasteiger partial charge in [0, 0.05) is 29.8 Å². The highest BCUT2D eigenvalue weighted by molar-refractivity contribution is 5.96.